The Morgan fingerprint density at radius 3 is 2.68 bits per heavy atom. The van der Waals surface area contributed by atoms with Gasteiger partial charge in [0.05, 0.1) is 12.0 Å². The molecule has 0 saturated carbocycles. The van der Waals surface area contributed by atoms with E-state index in [2.05, 4.69) is 10.1 Å². The Bertz CT molecular complexity index is 501. The molecular formula is C12H14N2O5. The molecule has 1 aromatic rings. The molecule has 7 nitrogen and oxygen atoms in total. The number of rotatable bonds is 5. The average molecular weight is 266 g/mol. The molecule has 1 aromatic carbocycles. The Morgan fingerprint density at radius 1 is 1.47 bits per heavy atom. The summed E-state index contributed by atoms with van der Waals surface area (Å²) < 4.78 is 4.58. The van der Waals surface area contributed by atoms with Gasteiger partial charge in [0, 0.05) is 25.5 Å². The highest BCUT2D eigenvalue weighted by Gasteiger charge is 2.21. The number of benzene rings is 1. The van der Waals surface area contributed by atoms with Gasteiger partial charge in [-0.2, -0.15) is 0 Å². The number of esters is 1. The van der Waals surface area contributed by atoms with Crippen molar-refractivity contribution in [1.29, 1.82) is 0 Å². The first-order chi connectivity index (χ1) is 8.93. The van der Waals surface area contributed by atoms with Gasteiger partial charge in [-0.05, 0) is 5.56 Å². The van der Waals surface area contributed by atoms with E-state index in [-0.39, 0.29) is 18.0 Å². The third-order valence-corrected chi connectivity index (χ3v) is 2.42. The van der Waals surface area contributed by atoms with E-state index in [4.69, 9.17) is 0 Å². The SMILES string of the molecule is COC(=O)[C@H](Cc1cccc([N+](=O)[O-])c1)NC(C)=O. The Morgan fingerprint density at radius 2 is 2.16 bits per heavy atom. The number of non-ortho nitro benzene ring substituents is 1. The minimum absolute atomic E-state index is 0.0658. The Kier molecular flexibility index (Phi) is 4.99. The molecule has 0 aliphatic carbocycles. The van der Waals surface area contributed by atoms with Crippen molar-refractivity contribution < 1.29 is 19.2 Å². The van der Waals surface area contributed by atoms with Gasteiger partial charge in [-0.3, -0.25) is 14.9 Å². The summed E-state index contributed by atoms with van der Waals surface area (Å²) >= 11 is 0. The minimum atomic E-state index is -0.857. The molecule has 1 amide bonds. The van der Waals surface area contributed by atoms with E-state index in [1.807, 2.05) is 0 Å². The Balaban J connectivity index is 2.89. The molecule has 0 radical (unpaired) electrons. The Hall–Kier alpha value is -2.44. The molecular weight excluding hydrogens is 252 g/mol. The van der Waals surface area contributed by atoms with Crippen molar-refractivity contribution in [2.45, 2.75) is 19.4 Å². The summed E-state index contributed by atoms with van der Waals surface area (Å²) in [6.45, 7) is 1.28. The zero-order chi connectivity index (χ0) is 14.4. The first-order valence-electron chi connectivity index (χ1n) is 5.52. The molecule has 7 heteroatoms. The van der Waals surface area contributed by atoms with Crippen LogP contribution in [0.15, 0.2) is 24.3 Å². The predicted molar refractivity (Wildman–Crippen MR) is 66.4 cm³/mol. The van der Waals surface area contributed by atoms with Gasteiger partial charge in [-0.15, -0.1) is 0 Å². The lowest BCUT2D eigenvalue weighted by Gasteiger charge is -2.15. The smallest absolute Gasteiger partial charge is 0.328 e. The van der Waals surface area contributed by atoms with Gasteiger partial charge in [0.1, 0.15) is 6.04 Å². The van der Waals surface area contributed by atoms with E-state index in [0.717, 1.165) is 0 Å². The van der Waals surface area contributed by atoms with E-state index >= 15 is 0 Å². The molecule has 0 spiro atoms. The van der Waals surface area contributed by atoms with Gasteiger partial charge in [0.2, 0.25) is 5.91 Å². The highest BCUT2D eigenvalue weighted by Crippen LogP contribution is 2.14. The van der Waals surface area contributed by atoms with Crippen LogP contribution in [0.5, 0.6) is 0 Å². The zero-order valence-corrected chi connectivity index (χ0v) is 10.6. The number of nitro groups is 1. The van der Waals surface area contributed by atoms with Gasteiger partial charge in [0.15, 0.2) is 0 Å². The lowest BCUT2D eigenvalue weighted by molar-refractivity contribution is -0.384. The summed E-state index contributed by atoms with van der Waals surface area (Å²) in [7, 11) is 1.21. The van der Waals surface area contributed by atoms with E-state index in [1.54, 1.807) is 6.07 Å². The number of hydrogen-bond acceptors (Lipinski definition) is 5. The third kappa shape index (κ3) is 4.38. The third-order valence-electron chi connectivity index (χ3n) is 2.42. The van der Waals surface area contributed by atoms with E-state index in [9.17, 15) is 19.7 Å². The van der Waals surface area contributed by atoms with Crippen LogP contribution in [0.1, 0.15) is 12.5 Å². The second-order valence-electron chi connectivity index (χ2n) is 3.91. The average Bonchev–Trinajstić information content (AvgIpc) is 2.36. The van der Waals surface area contributed by atoms with Crippen LogP contribution < -0.4 is 5.32 Å². The van der Waals surface area contributed by atoms with Crippen molar-refractivity contribution in [3.63, 3.8) is 0 Å². The number of carbonyl (C=O) groups excluding carboxylic acids is 2. The van der Waals surface area contributed by atoms with Crippen molar-refractivity contribution in [1.82, 2.24) is 5.32 Å². The fraction of sp³-hybridized carbons (Fsp3) is 0.333. The molecule has 1 N–H and O–H groups in total. The fourth-order valence-electron chi connectivity index (χ4n) is 1.61. The van der Waals surface area contributed by atoms with Crippen LogP contribution in [0.25, 0.3) is 0 Å². The Labute approximate surface area is 109 Å². The first-order valence-corrected chi connectivity index (χ1v) is 5.52. The minimum Gasteiger partial charge on any atom is -0.467 e. The summed E-state index contributed by atoms with van der Waals surface area (Å²) in [4.78, 5) is 32.6. The van der Waals surface area contributed by atoms with E-state index in [0.29, 0.717) is 5.56 Å². The fourth-order valence-corrected chi connectivity index (χ4v) is 1.61. The number of nitro benzene ring substituents is 1. The van der Waals surface area contributed by atoms with Crippen LogP contribution >= 0.6 is 0 Å². The highest BCUT2D eigenvalue weighted by molar-refractivity contribution is 5.83. The summed E-state index contributed by atoms with van der Waals surface area (Å²) in [5.41, 5.74) is 0.502. The standard InChI is InChI=1S/C12H14N2O5/c1-8(15)13-11(12(16)19-2)7-9-4-3-5-10(6-9)14(17)18/h3-6,11H,7H2,1-2H3,(H,13,15)/t11-/m0/s1. The molecule has 1 atom stereocenters. The number of nitrogens with one attached hydrogen (secondary N) is 1. The van der Waals surface area contributed by atoms with Crippen molar-refractivity contribution in [3.8, 4) is 0 Å². The van der Waals surface area contributed by atoms with Crippen molar-refractivity contribution in [3.05, 3.63) is 39.9 Å². The molecule has 0 aliphatic rings. The molecule has 0 heterocycles. The highest BCUT2D eigenvalue weighted by atomic mass is 16.6. The molecule has 102 valence electrons. The second-order valence-corrected chi connectivity index (χ2v) is 3.91. The van der Waals surface area contributed by atoms with E-state index in [1.165, 1.54) is 32.2 Å². The van der Waals surface area contributed by atoms with Gasteiger partial charge in [-0.1, -0.05) is 12.1 Å². The summed E-state index contributed by atoms with van der Waals surface area (Å²) in [6, 6.07) is 5.03. The molecule has 0 fully saturated rings. The van der Waals surface area contributed by atoms with Gasteiger partial charge in [-0.25, -0.2) is 4.79 Å². The number of ether oxygens (including phenoxy) is 1. The maximum Gasteiger partial charge on any atom is 0.328 e. The monoisotopic (exact) mass is 266 g/mol. The molecule has 0 unspecified atom stereocenters. The predicted octanol–water partition coefficient (Wildman–Crippen LogP) is 0.815. The number of methoxy groups -OCH3 is 1. The number of hydrogen-bond donors (Lipinski definition) is 1. The topological polar surface area (TPSA) is 98.5 Å². The largest absolute Gasteiger partial charge is 0.467 e. The number of amides is 1. The van der Waals surface area contributed by atoms with Crippen LogP contribution in [0.2, 0.25) is 0 Å². The molecule has 0 aromatic heterocycles. The van der Waals surface area contributed by atoms with Crippen molar-refractivity contribution in [2.24, 2.45) is 0 Å². The van der Waals surface area contributed by atoms with Gasteiger partial charge in [0.25, 0.3) is 5.69 Å². The molecule has 0 bridgehead atoms. The lowest BCUT2D eigenvalue weighted by Crippen LogP contribution is -2.41. The quantitative estimate of drug-likeness (QED) is 0.483. The molecule has 0 saturated heterocycles. The number of carbonyl (C=O) groups is 2. The molecule has 19 heavy (non-hydrogen) atoms. The lowest BCUT2D eigenvalue weighted by atomic mass is 10.1. The van der Waals surface area contributed by atoms with Crippen molar-refractivity contribution >= 4 is 17.6 Å². The zero-order valence-electron chi connectivity index (χ0n) is 10.6. The van der Waals surface area contributed by atoms with Crippen LogP contribution in [-0.4, -0.2) is 30.0 Å². The number of nitrogens with zero attached hydrogens (tertiary/aromatic N) is 1. The summed E-state index contributed by atoms with van der Waals surface area (Å²) in [5, 5.41) is 13.1. The van der Waals surface area contributed by atoms with Crippen LogP contribution in [0.3, 0.4) is 0 Å². The van der Waals surface area contributed by atoms with Gasteiger partial charge >= 0.3 is 5.97 Å². The normalized spacial score (nSPS) is 11.5. The first kappa shape index (κ1) is 14.6. The maximum absolute atomic E-state index is 11.5. The molecule has 0 aliphatic heterocycles. The summed E-state index contributed by atoms with van der Waals surface area (Å²) in [5.74, 6) is -0.970. The van der Waals surface area contributed by atoms with E-state index < -0.39 is 16.9 Å². The molecule has 1 rings (SSSR count). The van der Waals surface area contributed by atoms with Crippen molar-refractivity contribution in [2.75, 3.05) is 7.11 Å². The summed E-state index contributed by atoms with van der Waals surface area (Å²) in [6.07, 6.45) is 0.133. The maximum atomic E-state index is 11.5. The van der Waals surface area contributed by atoms with Gasteiger partial charge < -0.3 is 10.1 Å². The van der Waals surface area contributed by atoms with Crippen LogP contribution in [0.4, 0.5) is 5.69 Å². The van der Waals surface area contributed by atoms with Crippen LogP contribution in [-0.2, 0) is 20.7 Å². The van der Waals surface area contributed by atoms with Crippen LogP contribution in [0, 0.1) is 10.1 Å². The second kappa shape index (κ2) is 6.48.